The molecule has 0 aliphatic heterocycles. The first-order chi connectivity index (χ1) is 6.35. The highest BCUT2D eigenvalue weighted by Crippen LogP contribution is 2.20. The van der Waals surface area contributed by atoms with Gasteiger partial charge in [0.15, 0.2) is 0 Å². The van der Waals surface area contributed by atoms with Crippen molar-refractivity contribution in [2.24, 2.45) is 5.41 Å². The third-order valence-corrected chi connectivity index (χ3v) is 2.41. The van der Waals surface area contributed by atoms with Gasteiger partial charge >= 0.3 is 0 Å². The quantitative estimate of drug-likeness (QED) is 0.712. The van der Waals surface area contributed by atoms with E-state index in [0.717, 1.165) is 12.8 Å². The van der Waals surface area contributed by atoms with Gasteiger partial charge in [-0.3, -0.25) is 4.79 Å². The van der Waals surface area contributed by atoms with Crippen LogP contribution >= 0.6 is 0 Å². The average Bonchev–Trinajstić information content (AvgIpc) is 2.09. The van der Waals surface area contributed by atoms with Crippen molar-refractivity contribution in [3.05, 3.63) is 0 Å². The summed E-state index contributed by atoms with van der Waals surface area (Å²) in [6, 6.07) is 0.452. The smallest absolute Gasteiger partial charge is 0.146 e. The highest BCUT2D eigenvalue weighted by molar-refractivity contribution is 5.80. The molecule has 0 bridgehead atoms. The molecule has 1 N–H and O–H groups in total. The topological polar surface area (TPSA) is 29.1 Å². The molecule has 0 aromatic carbocycles. The minimum Gasteiger partial charge on any atom is -0.308 e. The molecule has 0 amide bonds. The maximum atomic E-state index is 11.4. The fourth-order valence-corrected chi connectivity index (χ4v) is 1.04. The van der Waals surface area contributed by atoms with Crippen LogP contribution in [0.15, 0.2) is 0 Å². The molecule has 0 spiro atoms. The van der Waals surface area contributed by atoms with Crippen molar-refractivity contribution >= 4 is 5.78 Å². The van der Waals surface area contributed by atoms with Crippen LogP contribution < -0.4 is 5.32 Å². The van der Waals surface area contributed by atoms with Gasteiger partial charge in [-0.1, -0.05) is 27.7 Å². The maximum Gasteiger partial charge on any atom is 0.146 e. The summed E-state index contributed by atoms with van der Waals surface area (Å²) in [7, 11) is 0. The Hall–Kier alpha value is -0.370. The zero-order chi connectivity index (χ0) is 11.2. The summed E-state index contributed by atoms with van der Waals surface area (Å²) in [5, 5.41) is 3.22. The number of hydrogen-bond acceptors (Lipinski definition) is 2. The van der Waals surface area contributed by atoms with Gasteiger partial charge in [0.2, 0.25) is 0 Å². The Morgan fingerprint density at radius 2 is 1.93 bits per heavy atom. The van der Waals surface area contributed by atoms with Crippen LogP contribution in [0.1, 0.15) is 53.9 Å². The molecule has 2 nitrogen and oxygen atoms in total. The van der Waals surface area contributed by atoms with E-state index in [4.69, 9.17) is 0 Å². The van der Waals surface area contributed by atoms with E-state index in [-0.39, 0.29) is 5.41 Å². The van der Waals surface area contributed by atoms with E-state index in [1.807, 2.05) is 0 Å². The first-order valence-corrected chi connectivity index (χ1v) is 5.60. The minimum absolute atomic E-state index is 0.270. The summed E-state index contributed by atoms with van der Waals surface area (Å²) in [5.74, 6) is 0.334. The summed E-state index contributed by atoms with van der Waals surface area (Å²) >= 11 is 0. The van der Waals surface area contributed by atoms with Gasteiger partial charge in [0.1, 0.15) is 5.78 Å². The molecular formula is C12H25NO. The van der Waals surface area contributed by atoms with Crippen LogP contribution in [0.2, 0.25) is 0 Å². The lowest BCUT2D eigenvalue weighted by Gasteiger charge is -2.17. The second-order valence-corrected chi connectivity index (χ2v) is 5.29. The molecule has 2 heteroatoms. The Morgan fingerprint density at radius 1 is 1.36 bits per heavy atom. The van der Waals surface area contributed by atoms with E-state index in [0.29, 0.717) is 24.8 Å². The molecular weight excluding hydrogens is 174 g/mol. The Bertz CT molecular complexity index is 170. The lowest BCUT2D eigenvalue weighted by atomic mass is 9.89. The number of carbonyl (C=O) groups is 1. The number of rotatable bonds is 6. The number of carbonyl (C=O) groups excluding carboxylic acids is 1. The van der Waals surface area contributed by atoms with Crippen LogP contribution in [0.3, 0.4) is 0 Å². The first kappa shape index (κ1) is 13.6. The van der Waals surface area contributed by atoms with E-state index in [9.17, 15) is 4.79 Å². The zero-order valence-electron chi connectivity index (χ0n) is 10.3. The first-order valence-electron chi connectivity index (χ1n) is 5.60. The van der Waals surface area contributed by atoms with Gasteiger partial charge in [-0.2, -0.15) is 0 Å². The predicted molar refractivity (Wildman–Crippen MR) is 61.5 cm³/mol. The Morgan fingerprint density at radius 3 is 2.36 bits per heavy atom. The van der Waals surface area contributed by atoms with Gasteiger partial charge in [0.05, 0.1) is 6.54 Å². The average molecular weight is 199 g/mol. The monoisotopic (exact) mass is 199 g/mol. The second kappa shape index (κ2) is 6.18. The standard InChI is InChI=1S/C12H25NO/c1-6-10(2)13-9-11(14)7-8-12(3,4)5/h10,13H,6-9H2,1-5H3. The molecule has 1 atom stereocenters. The molecule has 0 aromatic heterocycles. The van der Waals surface area contributed by atoms with Gasteiger partial charge in [-0.15, -0.1) is 0 Å². The lowest BCUT2D eigenvalue weighted by Crippen LogP contribution is -2.31. The molecule has 0 heterocycles. The fourth-order valence-electron chi connectivity index (χ4n) is 1.04. The van der Waals surface area contributed by atoms with Crippen molar-refractivity contribution in [1.29, 1.82) is 0 Å². The molecule has 0 aromatic rings. The zero-order valence-corrected chi connectivity index (χ0v) is 10.3. The van der Waals surface area contributed by atoms with Crippen LogP contribution in [-0.2, 0) is 4.79 Å². The molecule has 0 aliphatic carbocycles. The van der Waals surface area contributed by atoms with Crippen LogP contribution in [-0.4, -0.2) is 18.4 Å². The summed E-state index contributed by atoms with van der Waals surface area (Å²) in [4.78, 5) is 11.4. The summed E-state index contributed by atoms with van der Waals surface area (Å²) < 4.78 is 0. The maximum absolute atomic E-state index is 11.4. The van der Waals surface area contributed by atoms with Crippen LogP contribution in [0.4, 0.5) is 0 Å². The van der Waals surface area contributed by atoms with E-state index >= 15 is 0 Å². The van der Waals surface area contributed by atoms with Crippen LogP contribution in [0, 0.1) is 5.41 Å². The molecule has 0 radical (unpaired) electrons. The fraction of sp³-hybridized carbons (Fsp3) is 0.917. The lowest BCUT2D eigenvalue weighted by molar-refractivity contribution is -0.118. The minimum atomic E-state index is 0.270. The van der Waals surface area contributed by atoms with E-state index in [1.54, 1.807) is 0 Å². The highest BCUT2D eigenvalue weighted by Gasteiger charge is 2.12. The third kappa shape index (κ3) is 8.24. The molecule has 84 valence electrons. The number of Topliss-reactive ketones (excluding diaryl/α,β-unsaturated/α-hetero) is 1. The van der Waals surface area contributed by atoms with Gasteiger partial charge in [-0.25, -0.2) is 0 Å². The van der Waals surface area contributed by atoms with E-state index in [2.05, 4.69) is 39.9 Å². The Kier molecular flexibility index (Phi) is 6.01. The predicted octanol–water partition coefficient (Wildman–Crippen LogP) is 2.77. The van der Waals surface area contributed by atoms with Crippen molar-refractivity contribution < 1.29 is 4.79 Å². The second-order valence-electron chi connectivity index (χ2n) is 5.29. The van der Waals surface area contributed by atoms with Gasteiger partial charge in [-0.05, 0) is 25.2 Å². The molecule has 0 saturated carbocycles. The van der Waals surface area contributed by atoms with Gasteiger partial charge < -0.3 is 5.32 Å². The van der Waals surface area contributed by atoms with Crippen molar-refractivity contribution in [1.82, 2.24) is 5.32 Å². The third-order valence-electron chi connectivity index (χ3n) is 2.41. The number of nitrogens with one attached hydrogen (secondary N) is 1. The van der Waals surface area contributed by atoms with Crippen molar-refractivity contribution in [2.75, 3.05) is 6.54 Å². The van der Waals surface area contributed by atoms with Crippen molar-refractivity contribution in [3.8, 4) is 0 Å². The highest BCUT2D eigenvalue weighted by atomic mass is 16.1. The SMILES string of the molecule is CCC(C)NCC(=O)CCC(C)(C)C. The molecule has 0 saturated heterocycles. The van der Waals surface area contributed by atoms with Crippen molar-refractivity contribution in [2.45, 2.75) is 59.9 Å². The van der Waals surface area contributed by atoms with Gasteiger partial charge in [0, 0.05) is 12.5 Å². The normalized spacial score (nSPS) is 14.1. The summed E-state index contributed by atoms with van der Waals surface area (Å²) in [6.07, 6.45) is 2.76. The molecule has 0 fully saturated rings. The van der Waals surface area contributed by atoms with E-state index < -0.39 is 0 Å². The van der Waals surface area contributed by atoms with Gasteiger partial charge in [0.25, 0.3) is 0 Å². The van der Waals surface area contributed by atoms with Crippen LogP contribution in [0.25, 0.3) is 0 Å². The molecule has 0 aliphatic rings. The number of hydrogen-bond donors (Lipinski definition) is 1. The van der Waals surface area contributed by atoms with Crippen molar-refractivity contribution in [3.63, 3.8) is 0 Å². The summed E-state index contributed by atoms with van der Waals surface area (Å²) in [6.45, 7) is 11.3. The summed E-state index contributed by atoms with van der Waals surface area (Å²) in [5.41, 5.74) is 0.270. The Labute approximate surface area is 88.5 Å². The number of ketones is 1. The molecule has 0 rings (SSSR count). The molecule has 1 unspecified atom stereocenters. The van der Waals surface area contributed by atoms with Crippen LogP contribution in [0.5, 0.6) is 0 Å². The largest absolute Gasteiger partial charge is 0.308 e. The molecule has 14 heavy (non-hydrogen) atoms. The Balaban J connectivity index is 3.57. The van der Waals surface area contributed by atoms with E-state index in [1.165, 1.54) is 0 Å².